The Kier molecular flexibility index (Phi) is 6.72. The van der Waals surface area contributed by atoms with Crippen molar-refractivity contribution in [3.8, 4) is 0 Å². The van der Waals surface area contributed by atoms with Crippen LogP contribution < -0.4 is 0 Å². The monoisotopic (exact) mass is 379 g/mol. The zero-order chi connectivity index (χ0) is 18.4. The first-order chi connectivity index (χ1) is 12.0. The lowest BCUT2D eigenvalue weighted by atomic mass is 10.1. The van der Waals surface area contributed by atoms with E-state index in [0.717, 1.165) is 5.56 Å². The maximum absolute atomic E-state index is 12.4. The van der Waals surface area contributed by atoms with Gasteiger partial charge in [0.25, 0.3) is 5.91 Å². The zero-order valence-electron chi connectivity index (χ0n) is 13.8. The topological polar surface area (TPSA) is 72.9 Å². The number of benzene rings is 1. The van der Waals surface area contributed by atoms with E-state index >= 15 is 0 Å². The van der Waals surface area contributed by atoms with E-state index in [1.807, 2.05) is 0 Å². The normalized spacial score (nSPS) is 15.6. The van der Waals surface area contributed by atoms with E-state index in [4.69, 9.17) is 12.2 Å². The highest BCUT2D eigenvalue weighted by atomic mass is 32.2. The first-order valence-corrected chi connectivity index (χ1v) is 8.69. The molecule has 0 atom stereocenters. The summed E-state index contributed by atoms with van der Waals surface area (Å²) in [5, 5.41) is 0. The van der Waals surface area contributed by atoms with Gasteiger partial charge in [-0.25, -0.2) is 4.79 Å². The Morgan fingerprint density at radius 3 is 2.48 bits per heavy atom. The first-order valence-electron chi connectivity index (χ1n) is 7.47. The third kappa shape index (κ3) is 4.90. The molecule has 8 heteroatoms. The number of thiocarbonyl (C=S) groups is 1. The summed E-state index contributed by atoms with van der Waals surface area (Å²) in [4.78, 5) is 37.0. The fourth-order valence-electron chi connectivity index (χ4n) is 2.16. The molecule has 0 radical (unpaired) electrons. The number of hydrogen-bond donors (Lipinski definition) is 0. The highest BCUT2D eigenvalue weighted by Gasteiger charge is 2.31. The molecule has 132 valence electrons. The van der Waals surface area contributed by atoms with Gasteiger partial charge in [-0.1, -0.05) is 36.1 Å². The largest absolute Gasteiger partial charge is 0.469 e. The molecule has 1 aromatic rings. The number of amides is 1. The number of esters is 2. The van der Waals surface area contributed by atoms with Crippen molar-refractivity contribution < 1.29 is 23.9 Å². The summed E-state index contributed by atoms with van der Waals surface area (Å²) in [5.74, 6) is -0.910. The lowest BCUT2D eigenvalue weighted by Gasteiger charge is -2.13. The maximum Gasteiger partial charge on any atom is 0.337 e. The SMILES string of the molecule is COC(=O)CCCN1C(=O)C(=Cc2ccc(C(=O)OC)cc2)SC1=S. The minimum atomic E-state index is -0.413. The number of thioether (sulfide) groups is 1. The molecular weight excluding hydrogens is 362 g/mol. The minimum Gasteiger partial charge on any atom is -0.469 e. The minimum absolute atomic E-state index is 0.183. The third-order valence-corrected chi connectivity index (χ3v) is 4.87. The van der Waals surface area contributed by atoms with Crippen molar-refractivity contribution >= 4 is 52.2 Å². The second-order valence-corrected chi connectivity index (χ2v) is 6.80. The predicted molar refractivity (Wildman–Crippen MR) is 98.9 cm³/mol. The molecule has 6 nitrogen and oxygen atoms in total. The fraction of sp³-hybridized carbons (Fsp3) is 0.294. The number of methoxy groups -OCH3 is 2. The van der Waals surface area contributed by atoms with E-state index in [1.54, 1.807) is 30.3 Å². The van der Waals surface area contributed by atoms with Gasteiger partial charge in [0.15, 0.2) is 0 Å². The van der Waals surface area contributed by atoms with Crippen LogP contribution in [0.2, 0.25) is 0 Å². The van der Waals surface area contributed by atoms with Gasteiger partial charge in [-0.15, -0.1) is 0 Å². The lowest BCUT2D eigenvalue weighted by molar-refractivity contribution is -0.141. The van der Waals surface area contributed by atoms with Crippen LogP contribution in [0, 0.1) is 0 Å². The number of nitrogens with zero attached hydrogens (tertiary/aromatic N) is 1. The standard InChI is InChI=1S/C17H17NO5S2/c1-22-14(19)4-3-9-18-15(20)13(25-17(18)24)10-11-5-7-12(8-6-11)16(21)23-2/h5-8,10H,3-4,9H2,1-2H3. The van der Waals surface area contributed by atoms with E-state index < -0.39 is 5.97 Å². The Balaban J connectivity index is 2.04. The van der Waals surface area contributed by atoms with Gasteiger partial charge in [0.05, 0.1) is 24.7 Å². The number of carbonyl (C=O) groups excluding carboxylic acids is 3. The van der Waals surface area contributed by atoms with Crippen LogP contribution >= 0.6 is 24.0 Å². The Hall–Kier alpha value is -2.19. The molecule has 2 rings (SSSR count). The molecule has 0 N–H and O–H groups in total. The van der Waals surface area contributed by atoms with Gasteiger partial charge in [0, 0.05) is 13.0 Å². The quantitative estimate of drug-likeness (QED) is 0.427. The first kappa shape index (κ1) is 19.1. The number of hydrogen-bond acceptors (Lipinski definition) is 7. The molecule has 0 saturated carbocycles. The smallest absolute Gasteiger partial charge is 0.337 e. The van der Waals surface area contributed by atoms with Crippen molar-refractivity contribution in [3.05, 3.63) is 40.3 Å². The molecule has 1 fully saturated rings. The van der Waals surface area contributed by atoms with Gasteiger partial charge in [-0.05, 0) is 30.2 Å². The molecule has 0 unspecified atom stereocenters. The van der Waals surface area contributed by atoms with E-state index in [0.29, 0.717) is 27.8 Å². The lowest BCUT2D eigenvalue weighted by Crippen LogP contribution is -2.29. The van der Waals surface area contributed by atoms with Gasteiger partial charge >= 0.3 is 11.9 Å². The molecule has 1 amide bonds. The number of rotatable bonds is 6. The molecule has 0 aliphatic carbocycles. The molecular formula is C17H17NO5S2. The van der Waals surface area contributed by atoms with E-state index in [9.17, 15) is 14.4 Å². The Labute approximate surface area is 155 Å². The van der Waals surface area contributed by atoms with Crippen LogP contribution in [0.15, 0.2) is 29.2 Å². The highest BCUT2D eigenvalue weighted by Crippen LogP contribution is 2.32. The van der Waals surface area contributed by atoms with Crippen molar-refractivity contribution in [2.24, 2.45) is 0 Å². The Morgan fingerprint density at radius 1 is 1.20 bits per heavy atom. The summed E-state index contributed by atoms with van der Waals surface area (Å²) in [7, 11) is 2.65. The molecule has 1 aromatic carbocycles. The second-order valence-electron chi connectivity index (χ2n) is 5.13. The number of ether oxygens (including phenoxy) is 2. The molecule has 0 aromatic heterocycles. The molecule has 1 aliphatic heterocycles. The van der Waals surface area contributed by atoms with Crippen LogP contribution in [-0.4, -0.2) is 47.8 Å². The summed E-state index contributed by atoms with van der Waals surface area (Å²) in [6.07, 6.45) is 2.45. The Morgan fingerprint density at radius 2 is 1.88 bits per heavy atom. The van der Waals surface area contributed by atoms with Crippen LogP contribution in [0.5, 0.6) is 0 Å². The predicted octanol–water partition coefficient (Wildman–Crippen LogP) is 2.63. The number of carbonyl (C=O) groups is 3. The van der Waals surface area contributed by atoms with Crippen molar-refractivity contribution in [3.63, 3.8) is 0 Å². The summed E-state index contributed by atoms with van der Waals surface area (Å²) >= 11 is 6.46. The van der Waals surface area contributed by atoms with E-state index in [-0.39, 0.29) is 18.3 Å². The van der Waals surface area contributed by atoms with Crippen LogP contribution in [0.25, 0.3) is 6.08 Å². The summed E-state index contributed by atoms with van der Waals surface area (Å²) in [6.45, 7) is 0.373. The van der Waals surface area contributed by atoms with Crippen LogP contribution in [-0.2, 0) is 19.1 Å². The maximum atomic E-state index is 12.4. The van der Waals surface area contributed by atoms with E-state index in [2.05, 4.69) is 9.47 Å². The second kappa shape index (κ2) is 8.77. The molecule has 1 aliphatic rings. The average molecular weight is 379 g/mol. The van der Waals surface area contributed by atoms with Gasteiger partial charge in [-0.3, -0.25) is 14.5 Å². The van der Waals surface area contributed by atoms with Crippen molar-refractivity contribution in [1.29, 1.82) is 0 Å². The molecule has 1 heterocycles. The summed E-state index contributed by atoms with van der Waals surface area (Å²) in [6, 6.07) is 6.73. The zero-order valence-corrected chi connectivity index (χ0v) is 15.4. The molecule has 1 saturated heterocycles. The van der Waals surface area contributed by atoms with Gasteiger partial charge < -0.3 is 9.47 Å². The average Bonchev–Trinajstić information content (AvgIpc) is 2.88. The third-order valence-electron chi connectivity index (χ3n) is 3.49. The van der Waals surface area contributed by atoms with Crippen LogP contribution in [0.3, 0.4) is 0 Å². The van der Waals surface area contributed by atoms with Gasteiger partial charge in [0.2, 0.25) is 0 Å². The van der Waals surface area contributed by atoms with Crippen molar-refractivity contribution in [1.82, 2.24) is 4.90 Å². The Bertz CT molecular complexity index is 727. The van der Waals surface area contributed by atoms with Gasteiger partial charge in [0.1, 0.15) is 4.32 Å². The van der Waals surface area contributed by atoms with Crippen LogP contribution in [0.1, 0.15) is 28.8 Å². The van der Waals surface area contributed by atoms with Crippen molar-refractivity contribution in [2.45, 2.75) is 12.8 Å². The highest BCUT2D eigenvalue weighted by molar-refractivity contribution is 8.26. The van der Waals surface area contributed by atoms with Crippen molar-refractivity contribution in [2.75, 3.05) is 20.8 Å². The molecule has 25 heavy (non-hydrogen) atoms. The summed E-state index contributed by atoms with van der Waals surface area (Å²) < 4.78 is 9.69. The molecule has 0 bridgehead atoms. The van der Waals surface area contributed by atoms with Crippen LogP contribution in [0.4, 0.5) is 0 Å². The van der Waals surface area contributed by atoms with E-state index in [1.165, 1.54) is 30.9 Å². The summed E-state index contributed by atoms with van der Waals surface area (Å²) in [5.41, 5.74) is 1.22. The fourth-order valence-corrected chi connectivity index (χ4v) is 3.47. The molecule has 0 spiro atoms. The van der Waals surface area contributed by atoms with Gasteiger partial charge in [-0.2, -0.15) is 0 Å².